The van der Waals surface area contributed by atoms with E-state index in [1.807, 2.05) is 11.4 Å². The first-order valence-electron chi connectivity index (χ1n) is 11.7. The Bertz CT molecular complexity index is 1330. The van der Waals surface area contributed by atoms with E-state index in [1.54, 1.807) is 17.0 Å². The number of halogens is 4. The third-order valence-corrected chi connectivity index (χ3v) is 7.55. The Morgan fingerprint density at radius 2 is 1.78 bits per heavy atom. The molecule has 3 heterocycles. The van der Waals surface area contributed by atoms with Gasteiger partial charge in [-0.25, -0.2) is 9.38 Å². The molecule has 2 aromatic carbocycles. The summed E-state index contributed by atoms with van der Waals surface area (Å²) in [4.78, 5) is 11.9. The van der Waals surface area contributed by atoms with Crippen LogP contribution >= 0.6 is 11.3 Å². The van der Waals surface area contributed by atoms with Crippen LogP contribution in [-0.2, 0) is 12.7 Å². The van der Waals surface area contributed by atoms with Gasteiger partial charge in [-0.2, -0.15) is 13.2 Å². The smallest absolute Gasteiger partial charge is 0.416 e. The first-order chi connectivity index (χ1) is 17.7. The van der Waals surface area contributed by atoms with E-state index in [4.69, 9.17) is 14.5 Å². The number of benzene rings is 2. The fraction of sp³-hybridized carbons (Fsp3) is 0.346. The number of hydrogen-bond acceptors (Lipinski definition) is 7. The number of anilines is 2. The van der Waals surface area contributed by atoms with Crippen molar-refractivity contribution in [1.82, 2.24) is 4.90 Å². The quantitative estimate of drug-likeness (QED) is 0.376. The molecule has 2 aliphatic rings. The maximum Gasteiger partial charge on any atom is 0.416 e. The summed E-state index contributed by atoms with van der Waals surface area (Å²) >= 11 is 1.52. The summed E-state index contributed by atoms with van der Waals surface area (Å²) in [7, 11) is 2.88. The molecule has 6 nitrogen and oxygen atoms in total. The number of aliphatic imine (C=N–C) groups is 1. The number of methoxy groups -OCH3 is 2. The van der Waals surface area contributed by atoms with Crippen molar-refractivity contribution in [3.05, 3.63) is 64.1 Å². The van der Waals surface area contributed by atoms with Crippen LogP contribution in [0.3, 0.4) is 0 Å². The molecule has 1 atom stereocenters. The van der Waals surface area contributed by atoms with Crippen molar-refractivity contribution in [3.63, 3.8) is 0 Å². The Kier molecular flexibility index (Phi) is 6.65. The Labute approximate surface area is 216 Å². The Hall–Kier alpha value is -3.47. The van der Waals surface area contributed by atoms with E-state index >= 15 is 0 Å². The molecular formula is C26H26F4N4O2S. The summed E-state index contributed by atoms with van der Waals surface area (Å²) in [5.74, 6) is 0.667. The molecular weight excluding hydrogens is 508 g/mol. The number of piperazine rings is 1. The van der Waals surface area contributed by atoms with Crippen LogP contribution in [0.1, 0.15) is 17.4 Å². The molecule has 196 valence electrons. The van der Waals surface area contributed by atoms with Gasteiger partial charge in [-0.3, -0.25) is 0 Å². The first kappa shape index (κ1) is 25.2. The van der Waals surface area contributed by atoms with Crippen molar-refractivity contribution < 1.29 is 27.0 Å². The standard InChI is InChI=1S/C26H26F4N4O2S/c1-16-14-32(9-10-33(16)18-5-6-19(27)23(13-18)36-3)25-31-20-8-11-37-24(20)15-34(25)21-12-17(26(28,29)30)4-7-22(21)35-2/h4-8,11-13,16H,9-10,14-15H2,1-3H3/t16-/m1/s1. The summed E-state index contributed by atoms with van der Waals surface area (Å²) < 4.78 is 65.4. The van der Waals surface area contributed by atoms with Gasteiger partial charge in [-0.1, -0.05) is 0 Å². The third-order valence-electron chi connectivity index (χ3n) is 6.66. The highest BCUT2D eigenvalue weighted by atomic mass is 32.1. The zero-order valence-electron chi connectivity index (χ0n) is 20.6. The molecule has 1 fully saturated rings. The number of hydrogen-bond donors (Lipinski definition) is 0. The van der Waals surface area contributed by atoms with Gasteiger partial charge >= 0.3 is 6.18 Å². The zero-order chi connectivity index (χ0) is 26.3. The van der Waals surface area contributed by atoms with Crippen LogP contribution in [-0.4, -0.2) is 50.8 Å². The lowest BCUT2D eigenvalue weighted by atomic mass is 10.1. The number of thiophene rings is 1. The molecule has 37 heavy (non-hydrogen) atoms. The van der Waals surface area contributed by atoms with Crippen LogP contribution in [0.4, 0.5) is 34.6 Å². The molecule has 3 aromatic rings. The molecule has 0 saturated carbocycles. The summed E-state index contributed by atoms with van der Waals surface area (Å²) in [6, 6.07) is 10.2. The molecule has 0 N–H and O–H groups in total. The van der Waals surface area contributed by atoms with E-state index in [1.165, 1.54) is 37.7 Å². The van der Waals surface area contributed by atoms with Crippen LogP contribution < -0.4 is 19.3 Å². The van der Waals surface area contributed by atoms with Crippen molar-refractivity contribution in [1.29, 1.82) is 0 Å². The number of nitrogens with zero attached hydrogens (tertiary/aromatic N) is 4. The normalized spacial score (nSPS) is 18.0. The number of alkyl halides is 3. The second-order valence-electron chi connectivity index (χ2n) is 8.92. The second-order valence-corrected chi connectivity index (χ2v) is 9.92. The molecule has 0 radical (unpaired) electrons. The van der Waals surface area contributed by atoms with Crippen molar-refractivity contribution in [3.8, 4) is 11.5 Å². The van der Waals surface area contributed by atoms with Crippen molar-refractivity contribution in [2.45, 2.75) is 25.7 Å². The van der Waals surface area contributed by atoms with Crippen LogP contribution in [0.15, 0.2) is 52.8 Å². The highest BCUT2D eigenvalue weighted by Gasteiger charge is 2.36. The average molecular weight is 535 g/mol. The van der Waals surface area contributed by atoms with Crippen LogP contribution in [0.5, 0.6) is 11.5 Å². The van der Waals surface area contributed by atoms with Gasteiger partial charge in [-0.05, 0) is 48.7 Å². The molecule has 0 spiro atoms. The largest absolute Gasteiger partial charge is 0.495 e. The molecule has 1 aromatic heterocycles. The van der Waals surface area contributed by atoms with E-state index in [2.05, 4.69) is 16.7 Å². The van der Waals surface area contributed by atoms with Gasteiger partial charge < -0.3 is 24.2 Å². The SMILES string of the molecule is COc1cc(N2CCN(C3=Nc4ccsc4CN3c3cc(C(F)(F)F)ccc3OC)C[C@H]2C)ccc1F. The fourth-order valence-corrected chi connectivity index (χ4v) is 5.60. The topological polar surface area (TPSA) is 40.5 Å². The van der Waals surface area contributed by atoms with Gasteiger partial charge in [0.2, 0.25) is 5.96 Å². The zero-order valence-corrected chi connectivity index (χ0v) is 21.4. The monoisotopic (exact) mass is 534 g/mol. The average Bonchev–Trinajstić information content (AvgIpc) is 3.35. The minimum absolute atomic E-state index is 0.0146. The predicted octanol–water partition coefficient (Wildman–Crippen LogP) is 6.14. The Balaban J connectivity index is 1.48. The lowest BCUT2D eigenvalue weighted by molar-refractivity contribution is -0.137. The van der Waals surface area contributed by atoms with Crippen molar-refractivity contribution >= 4 is 34.4 Å². The number of ether oxygens (including phenoxy) is 2. The van der Waals surface area contributed by atoms with Crippen molar-refractivity contribution in [2.24, 2.45) is 4.99 Å². The van der Waals surface area contributed by atoms with Crippen LogP contribution in [0.25, 0.3) is 0 Å². The van der Waals surface area contributed by atoms with E-state index in [-0.39, 0.29) is 11.8 Å². The highest BCUT2D eigenvalue weighted by molar-refractivity contribution is 7.10. The van der Waals surface area contributed by atoms with Crippen molar-refractivity contribution in [2.75, 3.05) is 43.7 Å². The number of fused-ring (bicyclic) bond motifs is 1. The highest BCUT2D eigenvalue weighted by Crippen LogP contribution is 2.41. The summed E-state index contributed by atoms with van der Waals surface area (Å²) in [5.41, 5.74) is 1.23. The second kappa shape index (κ2) is 9.77. The molecule has 0 unspecified atom stereocenters. The summed E-state index contributed by atoms with van der Waals surface area (Å²) in [6.07, 6.45) is -4.49. The fourth-order valence-electron chi connectivity index (χ4n) is 4.80. The van der Waals surface area contributed by atoms with Gasteiger partial charge in [-0.15, -0.1) is 11.3 Å². The van der Waals surface area contributed by atoms with Gasteiger partial charge in [0, 0.05) is 37.4 Å². The molecule has 0 amide bonds. The molecule has 0 aliphatic carbocycles. The van der Waals surface area contributed by atoms with E-state index in [0.29, 0.717) is 43.6 Å². The molecule has 5 rings (SSSR count). The van der Waals surface area contributed by atoms with E-state index in [9.17, 15) is 17.6 Å². The van der Waals surface area contributed by atoms with Crippen LogP contribution in [0, 0.1) is 5.82 Å². The molecule has 0 bridgehead atoms. The lowest BCUT2D eigenvalue weighted by Gasteiger charge is -2.45. The Morgan fingerprint density at radius 1 is 1.00 bits per heavy atom. The lowest BCUT2D eigenvalue weighted by Crippen LogP contribution is -2.57. The molecule has 11 heteroatoms. The number of rotatable bonds is 4. The van der Waals surface area contributed by atoms with Gasteiger partial charge in [0.1, 0.15) is 5.75 Å². The predicted molar refractivity (Wildman–Crippen MR) is 137 cm³/mol. The summed E-state index contributed by atoms with van der Waals surface area (Å²) in [6.45, 7) is 4.18. The minimum Gasteiger partial charge on any atom is -0.495 e. The minimum atomic E-state index is -4.49. The van der Waals surface area contributed by atoms with E-state index < -0.39 is 17.6 Å². The molecule has 1 saturated heterocycles. The third kappa shape index (κ3) is 4.79. The Morgan fingerprint density at radius 3 is 2.49 bits per heavy atom. The first-order valence-corrected chi connectivity index (χ1v) is 12.6. The van der Waals surface area contributed by atoms with Gasteiger partial charge in [0.15, 0.2) is 11.6 Å². The molecule has 2 aliphatic heterocycles. The summed E-state index contributed by atoms with van der Waals surface area (Å²) in [5, 5.41) is 1.93. The number of guanidine groups is 1. The maximum absolute atomic E-state index is 13.9. The van der Waals surface area contributed by atoms with Crippen LogP contribution in [0.2, 0.25) is 0 Å². The van der Waals surface area contributed by atoms with Gasteiger partial charge in [0.05, 0.1) is 42.6 Å². The maximum atomic E-state index is 13.9. The van der Waals surface area contributed by atoms with Gasteiger partial charge in [0.25, 0.3) is 0 Å². The van der Waals surface area contributed by atoms with E-state index in [0.717, 1.165) is 28.4 Å².